The quantitative estimate of drug-likeness (QED) is 0.176. The SMILES string of the molecule is CC1(C)CCC(CCCOS(C)(=O)=O)C1.CC1(C)CCC(CCCOc2cccc(S(N)(=O)=O)c2)C1.NS(=O)(=O)c1cccc(O)c1. The van der Waals surface area contributed by atoms with Gasteiger partial charge in [0.05, 0.1) is 29.3 Å². The fraction of sp³-hybridized carbons (Fsp3) is 0.636. The predicted molar refractivity (Wildman–Crippen MR) is 184 cm³/mol. The van der Waals surface area contributed by atoms with E-state index in [1.54, 1.807) is 12.1 Å². The normalized spacial score (nSPS) is 20.4. The summed E-state index contributed by atoms with van der Waals surface area (Å²) in [6.45, 7) is 10.2. The van der Waals surface area contributed by atoms with E-state index in [4.69, 9.17) is 24.3 Å². The van der Waals surface area contributed by atoms with Gasteiger partial charge in [0, 0.05) is 6.07 Å². The molecular formula is C33H54N2O9S3. The van der Waals surface area contributed by atoms with E-state index in [-0.39, 0.29) is 15.5 Å². The van der Waals surface area contributed by atoms with Crippen LogP contribution in [-0.2, 0) is 34.3 Å². The van der Waals surface area contributed by atoms with Crippen LogP contribution in [0.3, 0.4) is 0 Å². The number of benzene rings is 2. The minimum absolute atomic E-state index is 0.0856. The van der Waals surface area contributed by atoms with E-state index in [1.165, 1.54) is 75.3 Å². The molecule has 268 valence electrons. The molecule has 0 aliphatic heterocycles. The molecule has 0 radical (unpaired) electrons. The Morgan fingerprint density at radius 1 is 0.745 bits per heavy atom. The van der Waals surface area contributed by atoms with Crippen molar-refractivity contribution in [3.63, 3.8) is 0 Å². The number of aromatic hydroxyl groups is 1. The van der Waals surface area contributed by atoms with Gasteiger partial charge >= 0.3 is 0 Å². The topological polar surface area (TPSA) is 193 Å². The second kappa shape index (κ2) is 17.4. The molecular weight excluding hydrogens is 665 g/mol. The monoisotopic (exact) mass is 718 g/mol. The van der Waals surface area contributed by atoms with E-state index in [0.29, 0.717) is 29.8 Å². The van der Waals surface area contributed by atoms with Gasteiger partial charge in [0.15, 0.2) is 0 Å². The molecule has 2 fully saturated rings. The summed E-state index contributed by atoms with van der Waals surface area (Å²) < 4.78 is 75.6. The van der Waals surface area contributed by atoms with Crippen molar-refractivity contribution < 1.29 is 39.3 Å². The zero-order valence-corrected chi connectivity index (χ0v) is 30.8. The van der Waals surface area contributed by atoms with Crippen molar-refractivity contribution in [2.75, 3.05) is 19.5 Å². The lowest BCUT2D eigenvalue weighted by Gasteiger charge is -2.17. The maximum absolute atomic E-state index is 11.3. The van der Waals surface area contributed by atoms with Crippen LogP contribution in [0, 0.1) is 22.7 Å². The molecule has 2 aromatic carbocycles. The first kappa shape index (κ1) is 40.9. The molecule has 14 heteroatoms. The van der Waals surface area contributed by atoms with Crippen molar-refractivity contribution in [3.8, 4) is 11.5 Å². The van der Waals surface area contributed by atoms with Crippen molar-refractivity contribution in [2.24, 2.45) is 32.9 Å². The van der Waals surface area contributed by atoms with Crippen LogP contribution in [0.2, 0.25) is 0 Å². The Morgan fingerprint density at radius 3 is 1.62 bits per heavy atom. The highest BCUT2D eigenvalue weighted by molar-refractivity contribution is 7.89. The smallest absolute Gasteiger partial charge is 0.264 e. The highest BCUT2D eigenvalue weighted by Crippen LogP contribution is 2.43. The summed E-state index contributed by atoms with van der Waals surface area (Å²) in [5.74, 6) is 2.02. The highest BCUT2D eigenvalue weighted by atomic mass is 32.2. The molecule has 5 N–H and O–H groups in total. The molecule has 11 nitrogen and oxygen atoms in total. The fourth-order valence-electron chi connectivity index (χ4n) is 6.20. The number of rotatable bonds is 12. The molecule has 47 heavy (non-hydrogen) atoms. The number of sulfonamides is 2. The van der Waals surface area contributed by atoms with Gasteiger partial charge in [0.1, 0.15) is 11.5 Å². The van der Waals surface area contributed by atoms with E-state index in [2.05, 4.69) is 27.7 Å². The molecule has 0 saturated heterocycles. The maximum atomic E-state index is 11.3. The van der Waals surface area contributed by atoms with Gasteiger partial charge in [-0.2, -0.15) is 8.42 Å². The molecule has 2 unspecified atom stereocenters. The van der Waals surface area contributed by atoms with Crippen LogP contribution in [0.25, 0.3) is 0 Å². The summed E-state index contributed by atoms with van der Waals surface area (Å²) >= 11 is 0. The summed E-state index contributed by atoms with van der Waals surface area (Å²) in [6.07, 6.45) is 13.0. The van der Waals surface area contributed by atoms with Crippen LogP contribution in [0.5, 0.6) is 11.5 Å². The van der Waals surface area contributed by atoms with Gasteiger partial charge in [0.2, 0.25) is 20.0 Å². The van der Waals surface area contributed by atoms with Crippen LogP contribution in [0.15, 0.2) is 58.3 Å². The number of hydrogen-bond acceptors (Lipinski definition) is 9. The van der Waals surface area contributed by atoms with E-state index in [0.717, 1.165) is 43.4 Å². The van der Waals surface area contributed by atoms with Gasteiger partial charge in [0.25, 0.3) is 10.1 Å². The maximum Gasteiger partial charge on any atom is 0.264 e. The number of phenols is 1. The molecule has 2 aliphatic rings. The standard InChI is InChI=1S/C16H25NO3S.C11H22O3S.C6H7NO3S/c1-16(2)9-8-13(12-16)5-4-10-20-14-6-3-7-15(11-14)21(17,18)19;1-11(2)7-6-10(9-11)5-4-8-14-15(3,12)13;7-11(9,10)6-3-1-2-5(8)4-6/h3,6-7,11,13H,4-5,8-10,12H2,1-2H3,(H2,17,18,19);10H,4-9H2,1-3H3;1-4,8H,(H2,7,9,10). The Labute approximate surface area is 282 Å². The third-order valence-corrected chi connectivity index (χ3v) is 10.9. The minimum atomic E-state index is -3.69. The number of ether oxygens (including phenoxy) is 1. The van der Waals surface area contributed by atoms with Crippen LogP contribution in [0.1, 0.15) is 91.9 Å². The molecule has 2 saturated carbocycles. The molecule has 0 bridgehead atoms. The molecule has 0 aromatic heterocycles. The molecule has 0 amide bonds. The second-order valence-electron chi connectivity index (χ2n) is 14.3. The summed E-state index contributed by atoms with van der Waals surface area (Å²) in [4.78, 5) is 0.00930. The Kier molecular flexibility index (Phi) is 15.2. The molecule has 2 aliphatic carbocycles. The van der Waals surface area contributed by atoms with Crippen molar-refractivity contribution in [1.29, 1.82) is 0 Å². The second-order valence-corrected chi connectivity index (χ2v) is 19.0. The summed E-state index contributed by atoms with van der Waals surface area (Å²) in [5, 5.41) is 18.7. The lowest BCUT2D eigenvalue weighted by Crippen LogP contribution is -2.12. The highest BCUT2D eigenvalue weighted by Gasteiger charge is 2.31. The molecule has 4 rings (SSSR count). The minimum Gasteiger partial charge on any atom is -0.508 e. The number of phenolic OH excluding ortho intramolecular Hbond substituents is 1. The lowest BCUT2D eigenvalue weighted by molar-refractivity contribution is 0.285. The first-order valence-electron chi connectivity index (χ1n) is 16.0. The Balaban J connectivity index is 0.000000259. The first-order valence-corrected chi connectivity index (χ1v) is 20.9. The Bertz CT molecular complexity index is 1610. The Morgan fingerprint density at radius 2 is 1.21 bits per heavy atom. The van der Waals surface area contributed by atoms with Gasteiger partial charge in [-0.25, -0.2) is 27.1 Å². The third-order valence-electron chi connectivity index (χ3n) is 8.50. The van der Waals surface area contributed by atoms with Crippen LogP contribution < -0.4 is 15.0 Å². The van der Waals surface area contributed by atoms with Crippen LogP contribution >= 0.6 is 0 Å². The first-order chi connectivity index (χ1) is 21.5. The largest absolute Gasteiger partial charge is 0.508 e. The van der Waals surface area contributed by atoms with Gasteiger partial charge in [-0.1, -0.05) is 39.8 Å². The Hall–Kier alpha value is -2.23. The third kappa shape index (κ3) is 17.1. The van der Waals surface area contributed by atoms with E-state index in [9.17, 15) is 25.3 Å². The zero-order chi connectivity index (χ0) is 35.5. The zero-order valence-electron chi connectivity index (χ0n) is 28.4. The van der Waals surface area contributed by atoms with Gasteiger partial charge in [-0.05, 0) is 117 Å². The number of primary sulfonamides is 2. The van der Waals surface area contributed by atoms with Crippen molar-refractivity contribution >= 4 is 30.2 Å². The predicted octanol–water partition coefficient (Wildman–Crippen LogP) is 5.93. The number of nitrogens with two attached hydrogens (primary N) is 2. The van der Waals surface area contributed by atoms with E-state index >= 15 is 0 Å². The average Bonchev–Trinajstić information content (AvgIpc) is 3.48. The van der Waals surface area contributed by atoms with Crippen molar-refractivity contribution in [1.82, 2.24) is 0 Å². The average molecular weight is 719 g/mol. The van der Waals surface area contributed by atoms with E-state index < -0.39 is 30.2 Å². The van der Waals surface area contributed by atoms with Crippen molar-refractivity contribution in [2.45, 2.75) is 102 Å². The van der Waals surface area contributed by atoms with E-state index in [1.807, 2.05) is 0 Å². The molecule has 2 aromatic rings. The van der Waals surface area contributed by atoms with Crippen LogP contribution in [0.4, 0.5) is 0 Å². The lowest BCUT2D eigenvalue weighted by atomic mass is 9.89. The summed E-state index contributed by atoms with van der Waals surface area (Å²) in [6, 6.07) is 11.5. The molecule has 0 spiro atoms. The van der Waals surface area contributed by atoms with Gasteiger partial charge in [-0.3, -0.25) is 4.18 Å². The summed E-state index contributed by atoms with van der Waals surface area (Å²) in [5.41, 5.74) is 0.984. The van der Waals surface area contributed by atoms with Crippen molar-refractivity contribution in [3.05, 3.63) is 48.5 Å². The fourth-order valence-corrected chi connectivity index (χ4v) is 7.72. The summed E-state index contributed by atoms with van der Waals surface area (Å²) in [7, 11) is -10.6. The van der Waals surface area contributed by atoms with Gasteiger partial charge in [-0.15, -0.1) is 0 Å². The molecule has 2 atom stereocenters. The van der Waals surface area contributed by atoms with Crippen LogP contribution in [-0.4, -0.2) is 49.8 Å². The van der Waals surface area contributed by atoms with Gasteiger partial charge < -0.3 is 9.84 Å². The molecule has 0 heterocycles. The number of hydrogen-bond donors (Lipinski definition) is 3.